The maximum atomic E-state index is 12.9. The van der Waals surface area contributed by atoms with Gasteiger partial charge >= 0.3 is 25.8 Å². The molecule has 0 atom stereocenters. The van der Waals surface area contributed by atoms with E-state index in [9.17, 15) is 43.9 Å². The van der Waals surface area contributed by atoms with Gasteiger partial charge < -0.3 is 14.2 Å². The maximum absolute atomic E-state index is 12.9. The molecule has 7 nitrogen and oxygen atoms in total. The number of nitrogens with zero attached hydrogens (tertiary/aromatic N) is 4. The van der Waals surface area contributed by atoms with Crippen LogP contribution in [0.15, 0.2) is 85.2 Å². The summed E-state index contributed by atoms with van der Waals surface area (Å²) in [4.78, 5) is 16.0. The second kappa shape index (κ2) is 14.6. The van der Waals surface area contributed by atoms with Crippen molar-refractivity contribution in [1.29, 1.82) is 0 Å². The van der Waals surface area contributed by atoms with Crippen LogP contribution in [-0.4, -0.2) is 39.5 Å². The third kappa shape index (κ3) is 9.49. The lowest BCUT2D eigenvalue weighted by atomic mass is 9.99. The quantitative estimate of drug-likeness (QED) is 0.152. The Morgan fingerprint density at radius 2 is 1.06 bits per heavy atom. The lowest BCUT2D eigenvalue weighted by Crippen LogP contribution is -2.17. The van der Waals surface area contributed by atoms with Crippen LogP contribution >= 0.6 is 0 Å². The molecular formula is C34H22F10N4O3. The van der Waals surface area contributed by atoms with E-state index in [-0.39, 0.29) is 28.5 Å². The first-order valence-electron chi connectivity index (χ1n) is 14.4. The van der Waals surface area contributed by atoms with Crippen molar-refractivity contribution in [3.63, 3.8) is 0 Å². The van der Waals surface area contributed by atoms with Crippen molar-refractivity contribution in [1.82, 2.24) is 19.9 Å². The van der Waals surface area contributed by atoms with Crippen LogP contribution in [0.5, 0.6) is 17.5 Å². The highest BCUT2D eigenvalue weighted by atomic mass is 19.4. The number of aromatic nitrogens is 4. The van der Waals surface area contributed by atoms with Gasteiger partial charge in [-0.3, -0.25) is 0 Å². The number of aryl methyl sites for hydroxylation is 2. The van der Waals surface area contributed by atoms with Crippen molar-refractivity contribution in [3.8, 4) is 39.8 Å². The second-order valence-corrected chi connectivity index (χ2v) is 10.7. The van der Waals surface area contributed by atoms with Gasteiger partial charge in [0.2, 0.25) is 11.8 Å². The summed E-state index contributed by atoms with van der Waals surface area (Å²) in [6.07, 6.45) is -7.24. The van der Waals surface area contributed by atoms with Crippen LogP contribution in [0.1, 0.15) is 16.7 Å². The fourth-order valence-electron chi connectivity index (χ4n) is 4.96. The van der Waals surface area contributed by atoms with Crippen molar-refractivity contribution in [2.24, 2.45) is 0 Å². The van der Waals surface area contributed by atoms with E-state index in [4.69, 9.17) is 0 Å². The van der Waals surface area contributed by atoms with Crippen LogP contribution in [0.25, 0.3) is 44.3 Å². The van der Waals surface area contributed by atoms with Crippen molar-refractivity contribution in [2.75, 3.05) is 0 Å². The Bertz CT molecular complexity index is 2180. The molecule has 0 unspecified atom stereocenters. The van der Waals surface area contributed by atoms with Crippen LogP contribution in [0.3, 0.4) is 0 Å². The zero-order chi connectivity index (χ0) is 37.1. The smallest absolute Gasteiger partial charge is 0.415 e. The van der Waals surface area contributed by atoms with Gasteiger partial charge in [-0.25, -0.2) is 19.9 Å². The van der Waals surface area contributed by atoms with Gasteiger partial charge in [0.25, 0.3) is 0 Å². The molecule has 0 saturated carbocycles. The first-order valence-corrected chi connectivity index (χ1v) is 14.4. The van der Waals surface area contributed by atoms with Crippen molar-refractivity contribution < 1.29 is 58.1 Å². The van der Waals surface area contributed by atoms with Gasteiger partial charge in [-0.05, 0) is 84.6 Å². The molecule has 0 saturated heterocycles. The predicted molar refractivity (Wildman–Crippen MR) is 164 cm³/mol. The minimum absolute atomic E-state index is 0.255. The summed E-state index contributed by atoms with van der Waals surface area (Å²) in [6, 6.07) is 16.8. The topological polar surface area (TPSA) is 79.3 Å². The molecule has 4 aromatic carbocycles. The molecule has 0 aliphatic rings. The van der Waals surface area contributed by atoms with Crippen LogP contribution in [0.2, 0.25) is 0 Å². The Morgan fingerprint density at radius 1 is 0.588 bits per heavy atom. The Morgan fingerprint density at radius 3 is 1.51 bits per heavy atom. The summed E-state index contributed by atoms with van der Waals surface area (Å²) in [6.45, 7) is -2.62. The first-order chi connectivity index (χ1) is 23.9. The number of rotatable bonds is 7. The van der Waals surface area contributed by atoms with Crippen molar-refractivity contribution in [3.05, 3.63) is 102 Å². The molecule has 2 aromatic heterocycles. The summed E-state index contributed by atoms with van der Waals surface area (Å²) in [5.41, 5.74) is 3.43. The van der Waals surface area contributed by atoms with E-state index in [0.717, 1.165) is 30.1 Å². The van der Waals surface area contributed by atoms with E-state index in [1.165, 1.54) is 30.3 Å². The lowest BCUT2D eigenvalue weighted by molar-refractivity contribution is -0.274. The molecule has 0 aliphatic heterocycles. The van der Waals surface area contributed by atoms with E-state index in [1.54, 1.807) is 44.2 Å². The number of alkyl halides is 10. The predicted octanol–water partition coefficient (Wildman–Crippen LogP) is 10.3. The molecule has 2 heterocycles. The second-order valence-electron chi connectivity index (χ2n) is 10.7. The summed E-state index contributed by atoms with van der Waals surface area (Å²) >= 11 is 0. The summed E-state index contributed by atoms with van der Waals surface area (Å²) in [5.74, 6) is -1.09. The first kappa shape index (κ1) is 36.5. The van der Waals surface area contributed by atoms with Crippen LogP contribution in [0, 0.1) is 13.8 Å². The molecule has 0 spiro atoms. The highest BCUT2D eigenvalue weighted by molar-refractivity contribution is 5.93. The van der Waals surface area contributed by atoms with E-state index in [1.807, 2.05) is 0 Å². The molecular weight excluding hydrogens is 702 g/mol. The largest absolute Gasteiger partial charge is 0.573 e. The number of fused-ring (bicyclic) bond motifs is 2. The van der Waals surface area contributed by atoms with Gasteiger partial charge in [-0.1, -0.05) is 24.3 Å². The molecule has 0 radical (unpaired) electrons. The Labute approximate surface area is 281 Å². The molecule has 17 heteroatoms. The highest BCUT2D eigenvalue weighted by Gasteiger charge is 2.32. The molecule has 0 bridgehead atoms. The summed E-state index contributed by atoms with van der Waals surface area (Å²) < 4.78 is 138. The van der Waals surface area contributed by atoms with Gasteiger partial charge in [0.1, 0.15) is 5.75 Å². The van der Waals surface area contributed by atoms with E-state index >= 15 is 0 Å². The average Bonchev–Trinajstić information content (AvgIpc) is 3.02. The highest BCUT2D eigenvalue weighted by Crippen LogP contribution is 2.35. The van der Waals surface area contributed by atoms with Crippen molar-refractivity contribution in [2.45, 2.75) is 39.6 Å². The average molecular weight is 725 g/mol. The summed E-state index contributed by atoms with van der Waals surface area (Å²) in [5, 5.41) is 0. The Kier molecular flexibility index (Phi) is 10.5. The number of hydrogen-bond donors (Lipinski definition) is 0. The molecule has 6 aromatic rings. The number of halogens is 10. The SMILES string of the molecule is Cc1cc(-c2cccc(C(F)(F)F)c2)c2ncc(OC(F)F)nc2c1.Cc1cc(-c2cccc(OC(F)(F)F)c2)c2ncc(OC(F)F)nc2c1. The maximum Gasteiger partial charge on any atom is 0.573 e. The van der Waals surface area contributed by atoms with Crippen LogP contribution in [-0.2, 0) is 6.18 Å². The zero-order valence-corrected chi connectivity index (χ0v) is 26.0. The van der Waals surface area contributed by atoms with Gasteiger partial charge in [0.05, 0.1) is 40.0 Å². The molecule has 6 rings (SSSR count). The molecule has 0 aliphatic carbocycles. The molecule has 51 heavy (non-hydrogen) atoms. The van der Waals surface area contributed by atoms with E-state index < -0.39 is 31.3 Å². The fourth-order valence-corrected chi connectivity index (χ4v) is 4.96. The van der Waals surface area contributed by atoms with Crippen LogP contribution < -0.4 is 14.2 Å². The lowest BCUT2D eigenvalue weighted by Gasteiger charge is -2.12. The number of hydrogen-bond acceptors (Lipinski definition) is 7. The zero-order valence-electron chi connectivity index (χ0n) is 26.0. The van der Waals surface area contributed by atoms with Gasteiger partial charge in [-0.15, -0.1) is 13.2 Å². The molecule has 0 fully saturated rings. The van der Waals surface area contributed by atoms with E-state index in [0.29, 0.717) is 38.9 Å². The molecule has 0 amide bonds. The minimum atomic E-state index is -4.81. The van der Waals surface area contributed by atoms with Crippen molar-refractivity contribution >= 4 is 22.1 Å². The monoisotopic (exact) mass is 724 g/mol. The number of ether oxygens (including phenoxy) is 3. The summed E-state index contributed by atoms with van der Waals surface area (Å²) in [7, 11) is 0. The third-order valence-corrected chi connectivity index (χ3v) is 6.84. The van der Waals surface area contributed by atoms with E-state index in [2.05, 4.69) is 34.1 Å². The van der Waals surface area contributed by atoms with Crippen LogP contribution in [0.4, 0.5) is 43.9 Å². The molecule has 0 N–H and O–H groups in total. The van der Waals surface area contributed by atoms with Gasteiger partial charge in [0, 0.05) is 11.1 Å². The standard InChI is InChI=1S/C17H11F5N2O2.C17H11F5N2O/c1-9-5-12(10-3-2-4-11(7-10)26-17(20,21)22)15-13(6-9)24-14(8-23-15)25-16(18)19;1-9-5-12(10-3-2-4-11(7-10)17(20,21)22)15-13(6-9)24-14(8-23-15)25-16(18)19/h2-8,16H,1H3;2-8,16H,1H3. The third-order valence-electron chi connectivity index (χ3n) is 6.84. The minimum Gasteiger partial charge on any atom is -0.415 e. The molecule has 266 valence electrons. The van der Waals surface area contributed by atoms with Gasteiger partial charge in [0.15, 0.2) is 0 Å². The fraction of sp³-hybridized carbons (Fsp3) is 0.176. The Hall–Kier alpha value is -5.74. The number of benzene rings is 4. The Balaban J connectivity index is 0.000000198. The normalized spacial score (nSPS) is 11.9. The van der Waals surface area contributed by atoms with Gasteiger partial charge in [-0.2, -0.15) is 30.7 Å².